The molecule has 2 aliphatic heterocycles. The highest BCUT2D eigenvalue weighted by molar-refractivity contribution is 6.77. The predicted octanol–water partition coefficient (Wildman–Crippen LogP) is 7.08. The summed E-state index contributed by atoms with van der Waals surface area (Å²) >= 11 is 0. The Morgan fingerprint density at radius 1 is 1.00 bits per heavy atom. The van der Waals surface area contributed by atoms with Gasteiger partial charge in [-0.15, -0.1) is 0 Å². The number of nitrogen functional groups attached to an aromatic ring is 1. The number of rotatable bonds is 5. The van der Waals surface area contributed by atoms with Crippen molar-refractivity contribution in [2.75, 3.05) is 28.6 Å². The van der Waals surface area contributed by atoms with Gasteiger partial charge in [0.15, 0.2) is 11.6 Å². The summed E-state index contributed by atoms with van der Waals surface area (Å²) in [6, 6.07) is 13.2. The highest BCUT2D eigenvalue weighted by Gasteiger charge is 2.47. The first-order valence-electron chi connectivity index (χ1n) is 13.9. The van der Waals surface area contributed by atoms with Crippen molar-refractivity contribution in [1.29, 1.82) is 0 Å². The second kappa shape index (κ2) is 10.2. The standard InChI is InChI=1S/C31H40F2N4Si/c1-4-31(23-9-12-25(35)13-10-23)15-14-29(22-6-5-7-24(34)11-8-22)37(31)26-20-27(32)30(28(33)21-26)36-16-18-38(2,3)19-17-36/h5,7-13,20-21,29H,4,6,14-19,34-35H2,1-3H3/t29-,31+/m1/s1. The van der Waals surface area contributed by atoms with Crippen LogP contribution in [0.2, 0.25) is 25.2 Å². The van der Waals surface area contributed by atoms with Gasteiger partial charge < -0.3 is 21.3 Å². The molecule has 0 spiro atoms. The summed E-state index contributed by atoms with van der Waals surface area (Å²) < 4.78 is 31.7. The first kappa shape index (κ1) is 26.5. The van der Waals surface area contributed by atoms with Gasteiger partial charge in [0.05, 0.1) is 19.7 Å². The minimum Gasteiger partial charge on any atom is -0.399 e. The lowest BCUT2D eigenvalue weighted by molar-refractivity contribution is 0.420. The van der Waals surface area contributed by atoms with Gasteiger partial charge in [-0.3, -0.25) is 0 Å². The summed E-state index contributed by atoms with van der Waals surface area (Å²) in [5, 5.41) is 0. The quantitative estimate of drug-likeness (QED) is 0.318. The number of nitrogens with two attached hydrogens (primary N) is 2. The number of benzene rings is 2. The van der Waals surface area contributed by atoms with Gasteiger partial charge in [0.2, 0.25) is 0 Å². The van der Waals surface area contributed by atoms with Crippen LogP contribution in [0, 0.1) is 11.6 Å². The van der Waals surface area contributed by atoms with Crippen LogP contribution in [-0.2, 0) is 5.54 Å². The van der Waals surface area contributed by atoms with Gasteiger partial charge in [-0.2, -0.15) is 0 Å². The summed E-state index contributed by atoms with van der Waals surface area (Å²) in [5.74, 6) is -0.957. The minimum atomic E-state index is -1.26. The van der Waals surface area contributed by atoms with E-state index >= 15 is 8.78 Å². The lowest BCUT2D eigenvalue weighted by Crippen LogP contribution is -2.46. The summed E-state index contributed by atoms with van der Waals surface area (Å²) in [5.41, 5.74) is 16.1. The topological polar surface area (TPSA) is 58.5 Å². The first-order valence-corrected chi connectivity index (χ1v) is 17.3. The van der Waals surface area contributed by atoms with Crippen molar-refractivity contribution in [1.82, 2.24) is 0 Å². The molecule has 2 atom stereocenters. The fraction of sp³-hybridized carbons (Fsp3) is 0.419. The average Bonchev–Trinajstić information content (AvgIpc) is 3.14. The number of allylic oxidation sites excluding steroid dienone is 4. The van der Waals surface area contributed by atoms with Crippen molar-refractivity contribution in [2.24, 2.45) is 5.73 Å². The van der Waals surface area contributed by atoms with E-state index in [2.05, 4.69) is 49.2 Å². The van der Waals surface area contributed by atoms with Gasteiger partial charge in [0.1, 0.15) is 5.69 Å². The molecule has 4 nitrogen and oxygen atoms in total. The Bertz CT molecular complexity index is 1250. The molecule has 2 heterocycles. The van der Waals surface area contributed by atoms with E-state index in [1.165, 1.54) is 5.57 Å². The smallest absolute Gasteiger partial charge is 0.151 e. The maximum absolute atomic E-state index is 15.9. The van der Waals surface area contributed by atoms with E-state index in [9.17, 15) is 0 Å². The molecule has 1 aliphatic carbocycles. The van der Waals surface area contributed by atoms with E-state index in [-0.39, 0.29) is 11.7 Å². The predicted molar refractivity (Wildman–Crippen MR) is 158 cm³/mol. The summed E-state index contributed by atoms with van der Waals surface area (Å²) in [6.45, 7) is 8.31. The monoisotopic (exact) mass is 534 g/mol. The molecule has 5 rings (SSSR count). The van der Waals surface area contributed by atoms with Crippen LogP contribution in [-0.4, -0.2) is 27.2 Å². The van der Waals surface area contributed by atoms with Crippen molar-refractivity contribution < 1.29 is 8.78 Å². The molecule has 2 aromatic rings. The van der Waals surface area contributed by atoms with Gasteiger partial charge in [-0.1, -0.05) is 44.3 Å². The third-order valence-electron chi connectivity index (χ3n) is 8.93. The van der Waals surface area contributed by atoms with Crippen LogP contribution in [0.15, 0.2) is 72.0 Å². The zero-order chi connectivity index (χ0) is 27.1. The Hall–Kier alpha value is -3.06. The van der Waals surface area contributed by atoms with Crippen molar-refractivity contribution in [3.63, 3.8) is 0 Å². The van der Waals surface area contributed by atoms with Crippen molar-refractivity contribution in [3.8, 4) is 0 Å². The highest BCUT2D eigenvalue weighted by atomic mass is 28.3. The Kier molecular flexibility index (Phi) is 7.16. The van der Waals surface area contributed by atoms with Crippen LogP contribution in [0.25, 0.3) is 0 Å². The van der Waals surface area contributed by atoms with Gasteiger partial charge in [-0.05, 0) is 85.3 Å². The Morgan fingerprint density at radius 3 is 2.29 bits per heavy atom. The molecule has 2 aromatic carbocycles. The molecule has 0 bridgehead atoms. The van der Waals surface area contributed by atoms with Crippen LogP contribution in [0.4, 0.5) is 25.8 Å². The second-order valence-corrected chi connectivity index (χ2v) is 17.2. The molecule has 0 unspecified atom stereocenters. The molecule has 0 radical (unpaired) electrons. The molecule has 202 valence electrons. The van der Waals surface area contributed by atoms with E-state index in [1.807, 2.05) is 29.2 Å². The molecule has 2 saturated heterocycles. The number of halogens is 2. The van der Waals surface area contributed by atoms with Gasteiger partial charge >= 0.3 is 0 Å². The summed E-state index contributed by atoms with van der Waals surface area (Å²) in [6.07, 6.45) is 11.3. The average molecular weight is 535 g/mol. The van der Waals surface area contributed by atoms with Crippen molar-refractivity contribution in [3.05, 3.63) is 89.2 Å². The molecular weight excluding hydrogens is 494 g/mol. The minimum absolute atomic E-state index is 0.00858. The van der Waals surface area contributed by atoms with E-state index in [1.54, 1.807) is 12.1 Å². The SMILES string of the molecule is CC[C@@]1(c2ccc(N)cc2)CC[C@H](C2=CC=C(N)C=CC2)N1c1cc(F)c(N2CC[Si](C)(C)CC2)c(F)c1. The van der Waals surface area contributed by atoms with Crippen LogP contribution >= 0.6 is 0 Å². The van der Waals surface area contributed by atoms with Gasteiger partial charge in [0.25, 0.3) is 0 Å². The van der Waals surface area contributed by atoms with Crippen molar-refractivity contribution in [2.45, 2.75) is 69.4 Å². The summed E-state index contributed by atoms with van der Waals surface area (Å²) in [4.78, 5) is 4.18. The molecule has 3 aliphatic rings. The summed E-state index contributed by atoms with van der Waals surface area (Å²) in [7, 11) is -1.26. The highest BCUT2D eigenvalue weighted by Crippen LogP contribution is 2.50. The normalized spacial score (nSPS) is 25.2. The largest absolute Gasteiger partial charge is 0.399 e. The number of anilines is 3. The molecule has 7 heteroatoms. The van der Waals surface area contributed by atoms with Crippen LogP contribution in [0.1, 0.15) is 38.2 Å². The van der Waals surface area contributed by atoms with E-state index < -0.39 is 25.2 Å². The van der Waals surface area contributed by atoms with E-state index in [0.717, 1.165) is 56.4 Å². The maximum Gasteiger partial charge on any atom is 0.151 e. The maximum atomic E-state index is 15.9. The molecule has 38 heavy (non-hydrogen) atoms. The number of hydrogen-bond donors (Lipinski definition) is 2. The Morgan fingerprint density at radius 2 is 1.66 bits per heavy atom. The van der Waals surface area contributed by atoms with Gasteiger partial charge in [-0.25, -0.2) is 8.78 Å². The Labute approximate surface area is 226 Å². The molecular formula is C31H40F2N4Si. The Balaban J connectivity index is 1.60. The molecule has 0 aromatic heterocycles. The van der Waals surface area contributed by atoms with Crippen molar-refractivity contribution >= 4 is 25.1 Å². The van der Waals surface area contributed by atoms with E-state index in [0.29, 0.717) is 17.1 Å². The van der Waals surface area contributed by atoms with Crippen LogP contribution in [0.3, 0.4) is 0 Å². The lowest BCUT2D eigenvalue weighted by atomic mass is 9.84. The third-order valence-corrected chi connectivity index (χ3v) is 12.1. The zero-order valence-electron chi connectivity index (χ0n) is 22.8. The molecule has 0 amide bonds. The third kappa shape index (κ3) is 4.88. The molecule has 0 saturated carbocycles. The fourth-order valence-electron chi connectivity index (χ4n) is 6.56. The van der Waals surface area contributed by atoms with Crippen LogP contribution in [0.5, 0.6) is 0 Å². The van der Waals surface area contributed by atoms with E-state index in [4.69, 9.17) is 11.5 Å². The first-order chi connectivity index (χ1) is 18.1. The van der Waals surface area contributed by atoms with Gasteiger partial charge in [0, 0.05) is 30.2 Å². The van der Waals surface area contributed by atoms with Crippen LogP contribution < -0.4 is 21.3 Å². The molecule has 4 N–H and O–H groups in total. The lowest BCUT2D eigenvalue weighted by Gasteiger charge is -2.44. The second-order valence-electron chi connectivity index (χ2n) is 11.9. The fourth-order valence-corrected chi connectivity index (χ4v) is 8.56. The number of hydrogen-bond acceptors (Lipinski definition) is 4. The number of nitrogens with zero attached hydrogens (tertiary/aromatic N) is 2. The molecule has 2 fully saturated rings. The zero-order valence-corrected chi connectivity index (χ0v) is 23.8.